The maximum absolute atomic E-state index is 12.8. The van der Waals surface area contributed by atoms with Crippen molar-refractivity contribution in [3.63, 3.8) is 0 Å². The second-order valence-electron chi connectivity index (χ2n) is 7.43. The highest BCUT2D eigenvalue weighted by atomic mass is 32.1. The molecule has 2 fully saturated rings. The summed E-state index contributed by atoms with van der Waals surface area (Å²) in [6.07, 6.45) is 7.44. The van der Waals surface area contributed by atoms with E-state index in [1.807, 2.05) is 0 Å². The summed E-state index contributed by atoms with van der Waals surface area (Å²) in [4.78, 5) is 23.9. The van der Waals surface area contributed by atoms with Crippen LogP contribution in [0.25, 0.3) is 10.3 Å². The van der Waals surface area contributed by atoms with Gasteiger partial charge in [-0.2, -0.15) is 4.98 Å². The molecule has 0 spiro atoms. The lowest BCUT2D eigenvalue weighted by molar-refractivity contribution is -0.0225. The topological polar surface area (TPSA) is 71.2 Å². The van der Waals surface area contributed by atoms with Crippen LogP contribution in [-0.4, -0.2) is 38.3 Å². The van der Waals surface area contributed by atoms with E-state index in [-0.39, 0.29) is 5.56 Å². The zero-order valence-electron chi connectivity index (χ0n) is 14.1. The lowest BCUT2D eigenvalue weighted by Crippen LogP contribution is -2.40. The number of aliphatic hydroxyl groups is 1. The highest BCUT2D eigenvalue weighted by Gasteiger charge is 2.32. The molecule has 24 heavy (non-hydrogen) atoms. The molecule has 3 heterocycles. The first-order valence-electron chi connectivity index (χ1n) is 8.87. The number of hydrogen-bond acceptors (Lipinski definition) is 6. The Morgan fingerprint density at radius 1 is 1.33 bits per heavy atom. The van der Waals surface area contributed by atoms with Crippen LogP contribution in [0.4, 0.5) is 5.13 Å². The molecule has 4 rings (SSSR count). The molecule has 130 valence electrons. The lowest BCUT2D eigenvalue weighted by atomic mass is 9.79. The Kier molecular flexibility index (Phi) is 4.08. The minimum absolute atomic E-state index is 0.0741. The number of aromatic nitrogens is 3. The standard InChI is InChI=1S/C17H24N4O2S/c1-12-4-6-17(23,7-5-12)10-21-11-18-14-13(15(21)22)24-16(19-14)20-8-2-3-9-20/h11-12,23H,2-10H2,1H3. The third-order valence-corrected chi connectivity index (χ3v) is 6.51. The molecule has 2 aromatic heterocycles. The average molecular weight is 348 g/mol. The zero-order chi connectivity index (χ0) is 16.7. The number of hydrogen-bond donors (Lipinski definition) is 1. The summed E-state index contributed by atoms with van der Waals surface area (Å²) < 4.78 is 2.18. The van der Waals surface area contributed by atoms with E-state index in [1.165, 1.54) is 24.2 Å². The quantitative estimate of drug-likeness (QED) is 0.922. The van der Waals surface area contributed by atoms with Gasteiger partial charge in [0.2, 0.25) is 0 Å². The van der Waals surface area contributed by atoms with Crippen LogP contribution in [0.2, 0.25) is 0 Å². The molecule has 0 aromatic carbocycles. The molecule has 7 heteroatoms. The number of thiazole rings is 1. The van der Waals surface area contributed by atoms with Gasteiger partial charge in [0.25, 0.3) is 5.56 Å². The summed E-state index contributed by atoms with van der Waals surface area (Å²) in [7, 11) is 0. The summed E-state index contributed by atoms with van der Waals surface area (Å²) in [6, 6.07) is 0. The minimum Gasteiger partial charge on any atom is -0.388 e. The van der Waals surface area contributed by atoms with Crippen LogP contribution in [0.15, 0.2) is 11.1 Å². The molecular formula is C17H24N4O2S. The maximum Gasteiger partial charge on any atom is 0.273 e. The number of rotatable bonds is 3. The normalized spacial score (nSPS) is 27.9. The van der Waals surface area contributed by atoms with Gasteiger partial charge in [0.15, 0.2) is 10.8 Å². The zero-order valence-corrected chi connectivity index (χ0v) is 14.9. The van der Waals surface area contributed by atoms with Gasteiger partial charge in [-0.15, -0.1) is 0 Å². The van der Waals surface area contributed by atoms with Crippen LogP contribution in [-0.2, 0) is 6.54 Å². The van der Waals surface area contributed by atoms with Crippen LogP contribution < -0.4 is 10.5 Å². The van der Waals surface area contributed by atoms with Gasteiger partial charge in [-0.05, 0) is 44.4 Å². The molecule has 0 atom stereocenters. The molecule has 1 saturated carbocycles. The highest BCUT2D eigenvalue weighted by molar-refractivity contribution is 7.22. The molecule has 0 unspecified atom stereocenters. The second-order valence-corrected chi connectivity index (χ2v) is 8.41. The van der Waals surface area contributed by atoms with Crippen molar-refractivity contribution < 1.29 is 5.11 Å². The first-order chi connectivity index (χ1) is 11.5. The molecule has 0 radical (unpaired) electrons. The molecule has 6 nitrogen and oxygen atoms in total. The van der Waals surface area contributed by atoms with E-state index >= 15 is 0 Å². The smallest absolute Gasteiger partial charge is 0.273 e. The van der Waals surface area contributed by atoms with Gasteiger partial charge in [-0.25, -0.2) is 4.98 Å². The van der Waals surface area contributed by atoms with E-state index in [1.54, 1.807) is 10.9 Å². The Morgan fingerprint density at radius 2 is 2.04 bits per heavy atom. The van der Waals surface area contributed by atoms with Crippen molar-refractivity contribution in [2.45, 2.75) is 57.6 Å². The van der Waals surface area contributed by atoms with Crippen LogP contribution in [0.3, 0.4) is 0 Å². The predicted molar refractivity (Wildman–Crippen MR) is 95.7 cm³/mol. The maximum atomic E-state index is 12.8. The Labute approximate surface area is 145 Å². The minimum atomic E-state index is -0.784. The number of nitrogens with zero attached hydrogens (tertiary/aromatic N) is 4. The van der Waals surface area contributed by atoms with Gasteiger partial charge < -0.3 is 10.0 Å². The molecule has 2 aliphatic rings. The SMILES string of the molecule is CC1CCC(O)(Cn2cnc3nc(N4CCCC4)sc3c2=O)CC1. The van der Waals surface area contributed by atoms with E-state index in [4.69, 9.17) is 0 Å². The van der Waals surface area contributed by atoms with Crippen LogP contribution >= 0.6 is 11.3 Å². The van der Waals surface area contributed by atoms with Crippen LogP contribution in [0, 0.1) is 5.92 Å². The summed E-state index contributed by atoms with van der Waals surface area (Å²) >= 11 is 1.43. The summed E-state index contributed by atoms with van der Waals surface area (Å²) in [5.74, 6) is 0.659. The molecule has 0 amide bonds. The van der Waals surface area contributed by atoms with Gasteiger partial charge in [0.1, 0.15) is 11.0 Å². The van der Waals surface area contributed by atoms with E-state index in [2.05, 4.69) is 21.8 Å². The predicted octanol–water partition coefficient (Wildman–Crippen LogP) is 2.39. The fourth-order valence-electron chi connectivity index (χ4n) is 3.77. The van der Waals surface area contributed by atoms with E-state index in [0.717, 1.165) is 43.9 Å². The summed E-state index contributed by atoms with van der Waals surface area (Å²) in [5.41, 5.74) is -0.323. The molecule has 2 aromatic rings. The number of fused-ring (bicyclic) bond motifs is 1. The fourth-order valence-corrected chi connectivity index (χ4v) is 4.79. The van der Waals surface area contributed by atoms with Crippen molar-refractivity contribution in [3.8, 4) is 0 Å². The molecule has 1 aliphatic carbocycles. The van der Waals surface area contributed by atoms with Crippen molar-refractivity contribution in [2.75, 3.05) is 18.0 Å². The molecule has 1 N–H and O–H groups in total. The summed E-state index contributed by atoms with van der Waals surface area (Å²) in [6.45, 7) is 4.56. The first kappa shape index (κ1) is 16.0. The van der Waals surface area contributed by atoms with E-state index in [0.29, 0.717) is 22.8 Å². The Hall–Kier alpha value is -1.47. The Balaban J connectivity index is 1.62. The molecule has 1 aliphatic heterocycles. The first-order valence-corrected chi connectivity index (χ1v) is 9.69. The lowest BCUT2D eigenvalue weighted by Gasteiger charge is -2.35. The van der Waals surface area contributed by atoms with Gasteiger partial charge in [-0.3, -0.25) is 9.36 Å². The van der Waals surface area contributed by atoms with Crippen LogP contribution in [0.1, 0.15) is 45.4 Å². The largest absolute Gasteiger partial charge is 0.388 e. The van der Waals surface area contributed by atoms with Gasteiger partial charge >= 0.3 is 0 Å². The molecular weight excluding hydrogens is 324 g/mol. The summed E-state index contributed by atoms with van der Waals surface area (Å²) in [5, 5.41) is 11.7. The van der Waals surface area contributed by atoms with Gasteiger partial charge in [-0.1, -0.05) is 18.3 Å². The third-order valence-electron chi connectivity index (χ3n) is 5.42. The van der Waals surface area contributed by atoms with E-state index < -0.39 is 5.60 Å². The van der Waals surface area contributed by atoms with Gasteiger partial charge in [0.05, 0.1) is 12.1 Å². The van der Waals surface area contributed by atoms with E-state index in [9.17, 15) is 9.90 Å². The Bertz CT molecular complexity index is 785. The van der Waals surface area contributed by atoms with Crippen molar-refractivity contribution in [1.29, 1.82) is 0 Å². The van der Waals surface area contributed by atoms with Crippen molar-refractivity contribution in [1.82, 2.24) is 14.5 Å². The van der Waals surface area contributed by atoms with Gasteiger partial charge in [0, 0.05) is 13.1 Å². The molecule has 0 bridgehead atoms. The second kappa shape index (κ2) is 6.11. The van der Waals surface area contributed by atoms with Crippen molar-refractivity contribution in [3.05, 3.63) is 16.7 Å². The molecule has 1 saturated heterocycles. The van der Waals surface area contributed by atoms with Crippen LogP contribution in [0.5, 0.6) is 0 Å². The Morgan fingerprint density at radius 3 is 2.75 bits per heavy atom. The number of anilines is 1. The van der Waals surface area contributed by atoms with Crippen molar-refractivity contribution in [2.24, 2.45) is 5.92 Å². The monoisotopic (exact) mass is 348 g/mol. The van der Waals surface area contributed by atoms with Crippen molar-refractivity contribution >= 4 is 26.8 Å². The average Bonchev–Trinajstić information content (AvgIpc) is 3.22. The fraction of sp³-hybridized carbons (Fsp3) is 0.706. The highest BCUT2D eigenvalue weighted by Crippen LogP contribution is 2.33. The third kappa shape index (κ3) is 2.95.